The largest absolute Gasteiger partial charge is 0.300 e. The van der Waals surface area contributed by atoms with Gasteiger partial charge in [0.25, 0.3) is 5.56 Å². The van der Waals surface area contributed by atoms with Crippen LogP contribution < -0.4 is 5.56 Å². The van der Waals surface area contributed by atoms with Crippen LogP contribution in [0.5, 0.6) is 0 Å². The lowest BCUT2D eigenvalue weighted by Crippen LogP contribution is -2.16. The Hall–Kier alpha value is -1.77. The van der Waals surface area contributed by atoms with Gasteiger partial charge in [-0.1, -0.05) is 30.3 Å². The van der Waals surface area contributed by atoms with Gasteiger partial charge in [0.15, 0.2) is 0 Å². The van der Waals surface area contributed by atoms with E-state index in [2.05, 4.69) is 5.10 Å². The molecule has 0 aliphatic carbocycles. The highest BCUT2D eigenvalue weighted by Gasteiger charge is 1.99. The minimum atomic E-state index is 0.0198. The number of benzene rings is 1. The summed E-state index contributed by atoms with van der Waals surface area (Å²) in [6.07, 6.45) is 0. The van der Waals surface area contributed by atoms with Crippen molar-refractivity contribution in [2.75, 3.05) is 0 Å². The monoisotopic (exact) mass is 188 g/mol. The molecule has 0 fully saturated rings. The maximum absolute atomic E-state index is 11.4. The molecule has 0 atom stereocenters. The first kappa shape index (κ1) is 8.81. The van der Waals surface area contributed by atoms with Crippen LogP contribution in [0.2, 0.25) is 0 Å². The number of hydrogen-bond donors (Lipinski definition) is 1. The van der Waals surface area contributed by atoms with Crippen molar-refractivity contribution in [3.05, 3.63) is 58.0 Å². The van der Waals surface area contributed by atoms with Crippen LogP contribution >= 0.6 is 0 Å². The van der Waals surface area contributed by atoms with Crippen molar-refractivity contribution in [1.29, 1.82) is 0 Å². The topological polar surface area (TPSA) is 37.8 Å². The minimum Gasteiger partial charge on any atom is -0.300 e. The van der Waals surface area contributed by atoms with Crippen LogP contribution in [-0.4, -0.2) is 9.78 Å². The first-order valence-corrected chi connectivity index (χ1v) is 4.56. The summed E-state index contributed by atoms with van der Waals surface area (Å²) in [7, 11) is 0. The quantitative estimate of drug-likeness (QED) is 0.762. The molecule has 3 heteroatoms. The standard InChI is InChI=1S/C11H12N2O/c1-9-7-11(14)13(12-9)8-10-5-3-2-4-6-10/h2-7,12H,8H2,1H3. The number of hydrogen-bond acceptors (Lipinski definition) is 1. The van der Waals surface area contributed by atoms with Crippen molar-refractivity contribution < 1.29 is 0 Å². The summed E-state index contributed by atoms with van der Waals surface area (Å²) >= 11 is 0. The molecule has 0 saturated heterocycles. The van der Waals surface area contributed by atoms with Crippen LogP contribution in [-0.2, 0) is 6.54 Å². The molecule has 0 bridgehead atoms. The van der Waals surface area contributed by atoms with E-state index in [0.29, 0.717) is 6.54 Å². The Morgan fingerprint density at radius 3 is 2.57 bits per heavy atom. The van der Waals surface area contributed by atoms with E-state index in [4.69, 9.17) is 0 Å². The molecule has 0 amide bonds. The third kappa shape index (κ3) is 1.76. The van der Waals surface area contributed by atoms with Crippen LogP contribution in [0.4, 0.5) is 0 Å². The van der Waals surface area contributed by atoms with Crippen molar-refractivity contribution in [2.24, 2.45) is 0 Å². The molecule has 72 valence electrons. The maximum atomic E-state index is 11.4. The van der Waals surface area contributed by atoms with Gasteiger partial charge in [-0.3, -0.25) is 9.89 Å². The average molecular weight is 188 g/mol. The molecule has 1 heterocycles. The summed E-state index contributed by atoms with van der Waals surface area (Å²) in [5.74, 6) is 0. The summed E-state index contributed by atoms with van der Waals surface area (Å²) in [5.41, 5.74) is 2.04. The van der Waals surface area contributed by atoms with Gasteiger partial charge in [0.05, 0.1) is 6.54 Å². The lowest BCUT2D eigenvalue weighted by atomic mass is 10.2. The smallest absolute Gasteiger partial charge is 0.267 e. The fraction of sp³-hybridized carbons (Fsp3) is 0.182. The molecule has 0 saturated carbocycles. The number of H-pyrrole nitrogens is 1. The van der Waals surface area contributed by atoms with Gasteiger partial charge < -0.3 is 0 Å². The Balaban J connectivity index is 2.28. The molecule has 0 spiro atoms. The third-order valence-corrected chi connectivity index (χ3v) is 2.10. The summed E-state index contributed by atoms with van der Waals surface area (Å²) in [6, 6.07) is 11.5. The van der Waals surface area contributed by atoms with Crippen molar-refractivity contribution in [3.8, 4) is 0 Å². The van der Waals surface area contributed by atoms with Gasteiger partial charge in [-0.2, -0.15) is 0 Å². The van der Waals surface area contributed by atoms with Crippen molar-refractivity contribution in [2.45, 2.75) is 13.5 Å². The normalized spacial score (nSPS) is 10.4. The van der Waals surface area contributed by atoms with Crippen molar-refractivity contribution in [3.63, 3.8) is 0 Å². The fourth-order valence-corrected chi connectivity index (χ4v) is 1.45. The van der Waals surface area contributed by atoms with Gasteiger partial charge in [0.1, 0.15) is 0 Å². The molecule has 14 heavy (non-hydrogen) atoms. The van der Waals surface area contributed by atoms with E-state index in [1.807, 2.05) is 37.3 Å². The first-order chi connectivity index (χ1) is 6.75. The second-order valence-corrected chi connectivity index (χ2v) is 3.35. The van der Waals surface area contributed by atoms with Crippen LogP contribution in [0.3, 0.4) is 0 Å². The molecule has 1 aromatic heterocycles. The Morgan fingerprint density at radius 2 is 2.00 bits per heavy atom. The predicted molar refractivity (Wildman–Crippen MR) is 55.3 cm³/mol. The van der Waals surface area contributed by atoms with E-state index in [0.717, 1.165) is 11.3 Å². The highest BCUT2D eigenvalue weighted by Crippen LogP contribution is 1.99. The molecule has 3 nitrogen and oxygen atoms in total. The van der Waals surface area contributed by atoms with Crippen molar-refractivity contribution in [1.82, 2.24) is 9.78 Å². The highest BCUT2D eigenvalue weighted by molar-refractivity contribution is 5.15. The number of aromatic amines is 1. The van der Waals surface area contributed by atoms with Crippen LogP contribution in [0, 0.1) is 6.92 Å². The van der Waals surface area contributed by atoms with Gasteiger partial charge in [-0.25, -0.2) is 4.68 Å². The predicted octanol–water partition coefficient (Wildman–Crippen LogP) is 1.53. The molecule has 2 rings (SSSR count). The van der Waals surface area contributed by atoms with Crippen LogP contribution in [0.15, 0.2) is 41.2 Å². The molecular weight excluding hydrogens is 176 g/mol. The van der Waals surface area contributed by atoms with E-state index >= 15 is 0 Å². The van der Waals surface area contributed by atoms with Gasteiger partial charge in [-0.15, -0.1) is 0 Å². The van der Waals surface area contributed by atoms with E-state index in [-0.39, 0.29) is 5.56 Å². The number of aryl methyl sites for hydroxylation is 1. The number of aromatic nitrogens is 2. The zero-order valence-corrected chi connectivity index (χ0v) is 8.03. The van der Waals surface area contributed by atoms with Crippen LogP contribution in [0.25, 0.3) is 0 Å². The second-order valence-electron chi connectivity index (χ2n) is 3.35. The zero-order valence-electron chi connectivity index (χ0n) is 8.03. The van der Waals surface area contributed by atoms with E-state index in [1.165, 1.54) is 0 Å². The third-order valence-electron chi connectivity index (χ3n) is 2.10. The lowest BCUT2D eigenvalue weighted by Gasteiger charge is -2.01. The Labute approximate surface area is 82.0 Å². The molecule has 0 radical (unpaired) electrons. The maximum Gasteiger partial charge on any atom is 0.267 e. The van der Waals surface area contributed by atoms with Gasteiger partial charge in [0, 0.05) is 11.8 Å². The summed E-state index contributed by atoms with van der Waals surface area (Å²) < 4.78 is 1.60. The van der Waals surface area contributed by atoms with Gasteiger partial charge >= 0.3 is 0 Å². The zero-order chi connectivity index (χ0) is 9.97. The highest BCUT2D eigenvalue weighted by atomic mass is 16.1. The van der Waals surface area contributed by atoms with Crippen molar-refractivity contribution >= 4 is 0 Å². The fourth-order valence-electron chi connectivity index (χ4n) is 1.45. The Kier molecular flexibility index (Phi) is 2.23. The second kappa shape index (κ2) is 3.54. The van der Waals surface area contributed by atoms with Gasteiger partial charge in [-0.05, 0) is 12.5 Å². The average Bonchev–Trinajstić information content (AvgIpc) is 2.47. The number of nitrogens with one attached hydrogen (secondary N) is 1. The summed E-state index contributed by atoms with van der Waals surface area (Å²) in [5, 5.41) is 3.00. The minimum absolute atomic E-state index is 0.0198. The lowest BCUT2D eigenvalue weighted by molar-refractivity contribution is 0.657. The summed E-state index contributed by atoms with van der Waals surface area (Å²) in [6.45, 7) is 2.48. The molecule has 0 aliphatic heterocycles. The van der Waals surface area contributed by atoms with Gasteiger partial charge in [0.2, 0.25) is 0 Å². The molecule has 1 N–H and O–H groups in total. The SMILES string of the molecule is Cc1cc(=O)n(Cc2ccccc2)[nH]1. The Bertz CT molecular complexity index is 468. The number of rotatable bonds is 2. The van der Waals surface area contributed by atoms with E-state index in [9.17, 15) is 4.79 Å². The van der Waals surface area contributed by atoms with Crippen LogP contribution in [0.1, 0.15) is 11.3 Å². The first-order valence-electron chi connectivity index (χ1n) is 4.56. The molecular formula is C11H12N2O. The molecule has 1 aromatic carbocycles. The van der Waals surface area contributed by atoms with E-state index < -0.39 is 0 Å². The summed E-state index contributed by atoms with van der Waals surface area (Å²) in [4.78, 5) is 11.4. The molecule has 0 aliphatic rings. The number of nitrogens with zero attached hydrogens (tertiary/aromatic N) is 1. The molecule has 0 unspecified atom stereocenters. The van der Waals surface area contributed by atoms with E-state index in [1.54, 1.807) is 10.7 Å². The Morgan fingerprint density at radius 1 is 1.29 bits per heavy atom. The molecule has 2 aromatic rings.